The molecular formula is C19H17N3O4S. The molecular weight excluding hydrogens is 366 g/mol. The third-order valence-electron chi connectivity index (χ3n) is 3.87. The summed E-state index contributed by atoms with van der Waals surface area (Å²) in [6, 6.07) is 12.3. The predicted octanol–water partition coefficient (Wildman–Crippen LogP) is 4.21. The van der Waals surface area contributed by atoms with Gasteiger partial charge in [-0.1, -0.05) is 29.8 Å². The number of hydrogen-bond donors (Lipinski definition) is 1. The Bertz CT molecular complexity index is 1000. The molecule has 1 amide bonds. The first-order valence-corrected chi connectivity index (χ1v) is 8.92. The van der Waals surface area contributed by atoms with Crippen LogP contribution in [-0.4, -0.2) is 22.9 Å². The summed E-state index contributed by atoms with van der Waals surface area (Å²) in [6.07, 6.45) is 2.45. The van der Waals surface area contributed by atoms with Crippen molar-refractivity contribution in [3.63, 3.8) is 0 Å². The van der Waals surface area contributed by atoms with Gasteiger partial charge < -0.3 is 4.74 Å². The van der Waals surface area contributed by atoms with Gasteiger partial charge >= 0.3 is 5.69 Å². The molecule has 0 bridgehead atoms. The highest BCUT2D eigenvalue weighted by atomic mass is 32.1. The SMILES string of the molecule is COc1ccc(C(=O)Nc2ncc(Cc3cccc(C)c3)s2)cc1[N+](=O)[O-]. The lowest BCUT2D eigenvalue weighted by Crippen LogP contribution is -2.12. The molecule has 8 heteroatoms. The van der Waals surface area contributed by atoms with Crippen molar-refractivity contribution < 1.29 is 14.5 Å². The van der Waals surface area contributed by atoms with Gasteiger partial charge in [0.1, 0.15) is 0 Å². The quantitative estimate of drug-likeness (QED) is 0.508. The van der Waals surface area contributed by atoms with E-state index in [9.17, 15) is 14.9 Å². The first-order valence-electron chi connectivity index (χ1n) is 8.10. The summed E-state index contributed by atoms with van der Waals surface area (Å²) in [5, 5.41) is 14.2. The van der Waals surface area contributed by atoms with Crippen molar-refractivity contribution >= 4 is 28.1 Å². The summed E-state index contributed by atoms with van der Waals surface area (Å²) < 4.78 is 4.94. The summed E-state index contributed by atoms with van der Waals surface area (Å²) in [6.45, 7) is 2.04. The van der Waals surface area contributed by atoms with Crippen LogP contribution in [0.25, 0.3) is 0 Å². The number of aromatic nitrogens is 1. The smallest absolute Gasteiger partial charge is 0.311 e. The molecule has 0 aliphatic rings. The molecule has 0 aliphatic carbocycles. The molecule has 7 nitrogen and oxygen atoms in total. The zero-order valence-corrected chi connectivity index (χ0v) is 15.6. The molecule has 0 fully saturated rings. The van der Waals surface area contributed by atoms with Crippen LogP contribution in [0.1, 0.15) is 26.4 Å². The van der Waals surface area contributed by atoms with Gasteiger partial charge in [0.25, 0.3) is 5.91 Å². The Labute approximate surface area is 159 Å². The highest BCUT2D eigenvalue weighted by Gasteiger charge is 2.19. The van der Waals surface area contributed by atoms with E-state index < -0.39 is 10.8 Å². The number of thiazole rings is 1. The molecule has 138 valence electrons. The van der Waals surface area contributed by atoms with Crippen LogP contribution < -0.4 is 10.1 Å². The lowest BCUT2D eigenvalue weighted by atomic mass is 10.1. The van der Waals surface area contributed by atoms with Crippen molar-refractivity contribution in [1.29, 1.82) is 0 Å². The lowest BCUT2D eigenvalue weighted by Gasteiger charge is -2.05. The standard InChI is InChI=1S/C19H17N3O4S/c1-12-4-3-5-13(8-12)9-15-11-20-19(27-15)21-18(23)14-6-7-17(26-2)16(10-14)22(24)25/h3-8,10-11H,9H2,1-2H3,(H,20,21,23). The maximum atomic E-state index is 12.4. The van der Waals surface area contributed by atoms with E-state index >= 15 is 0 Å². The van der Waals surface area contributed by atoms with E-state index in [1.807, 2.05) is 25.1 Å². The zero-order valence-electron chi connectivity index (χ0n) is 14.8. The highest BCUT2D eigenvalue weighted by molar-refractivity contribution is 7.15. The van der Waals surface area contributed by atoms with Crippen molar-refractivity contribution in [1.82, 2.24) is 4.98 Å². The zero-order chi connectivity index (χ0) is 19.4. The van der Waals surface area contributed by atoms with E-state index in [1.54, 1.807) is 6.20 Å². The van der Waals surface area contributed by atoms with E-state index in [1.165, 1.54) is 47.8 Å². The Morgan fingerprint density at radius 3 is 2.81 bits per heavy atom. The number of ether oxygens (including phenoxy) is 1. The number of carbonyl (C=O) groups is 1. The number of nitrogens with one attached hydrogen (secondary N) is 1. The Morgan fingerprint density at radius 1 is 1.30 bits per heavy atom. The number of rotatable bonds is 6. The number of benzene rings is 2. The van der Waals surface area contributed by atoms with Gasteiger partial charge in [-0.25, -0.2) is 4.98 Å². The molecule has 0 saturated heterocycles. The van der Waals surface area contributed by atoms with Crippen molar-refractivity contribution in [2.45, 2.75) is 13.3 Å². The Hall–Kier alpha value is -3.26. The Morgan fingerprint density at radius 2 is 2.11 bits per heavy atom. The number of methoxy groups -OCH3 is 1. The molecule has 0 atom stereocenters. The Balaban J connectivity index is 1.72. The molecule has 1 N–H and O–H groups in total. The molecule has 3 aromatic rings. The summed E-state index contributed by atoms with van der Waals surface area (Å²) in [5.41, 5.74) is 2.26. The number of anilines is 1. The number of amides is 1. The van der Waals surface area contributed by atoms with Crippen LogP contribution in [0.5, 0.6) is 5.75 Å². The third-order valence-corrected chi connectivity index (χ3v) is 4.79. The fourth-order valence-corrected chi connectivity index (χ4v) is 3.46. The van der Waals surface area contributed by atoms with E-state index in [-0.39, 0.29) is 17.0 Å². The molecule has 0 aliphatic heterocycles. The summed E-state index contributed by atoms with van der Waals surface area (Å²) in [5.74, 6) is -0.358. The minimum atomic E-state index is -0.584. The summed E-state index contributed by atoms with van der Waals surface area (Å²) in [7, 11) is 1.34. The number of aryl methyl sites for hydroxylation is 1. The average molecular weight is 383 g/mol. The van der Waals surface area contributed by atoms with Gasteiger partial charge in [0.15, 0.2) is 10.9 Å². The lowest BCUT2D eigenvalue weighted by molar-refractivity contribution is -0.385. The highest BCUT2D eigenvalue weighted by Crippen LogP contribution is 2.28. The molecule has 1 aromatic heterocycles. The maximum Gasteiger partial charge on any atom is 0.311 e. The third kappa shape index (κ3) is 4.48. The van der Waals surface area contributed by atoms with E-state index in [0.29, 0.717) is 5.13 Å². The van der Waals surface area contributed by atoms with Crippen molar-refractivity contribution in [3.8, 4) is 5.75 Å². The fourth-order valence-electron chi connectivity index (χ4n) is 2.61. The predicted molar refractivity (Wildman–Crippen MR) is 104 cm³/mol. The van der Waals surface area contributed by atoms with Gasteiger partial charge in [-0.15, -0.1) is 11.3 Å². The van der Waals surface area contributed by atoms with Gasteiger partial charge in [-0.05, 0) is 24.6 Å². The fraction of sp³-hybridized carbons (Fsp3) is 0.158. The van der Waals surface area contributed by atoms with Gasteiger partial charge in [0.2, 0.25) is 0 Å². The van der Waals surface area contributed by atoms with E-state index in [2.05, 4.69) is 16.4 Å². The Kier molecular flexibility index (Phi) is 5.46. The molecule has 3 rings (SSSR count). The largest absolute Gasteiger partial charge is 0.490 e. The summed E-state index contributed by atoms with van der Waals surface area (Å²) in [4.78, 5) is 28.1. The van der Waals surface area contributed by atoms with Crippen molar-refractivity contribution in [3.05, 3.63) is 80.3 Å². The van der Waals surface area contributed by atoms with Gasteiger partial charge in [0.05, 0.1) is 12.0 Å². The number of carbonyl (C=O) groups excluding carboxylic acids is 1. The average Bonchev–Trinajstić information content (AvgIpc) is 3.07. The minimum absolute atomic E-state index is 0.103. The number of nitrogens with zero attached hydrogens (tertiary/aromatic N) is 2. The first-order chi connectivity index (χ1) is 13.0. The molecule has 0 unspecified atom stereocenters. The van der Waals surface area contributed by atoms with Crippen LogP contribution >= 0.6 is 11.3 Å². The number of hydrogen-bond acceptors (Lipinski definition) is 6. The minimum Gasteiger partial charge on any atom is -0.490 e. The molecule has 1 heterocycles. The van der Waals surface area contributed by atoms with E-state index in [0.717, 1.165) is 11.3 Å². The van der Waals surface area contributed by atoms with Crippen LogP contribution in [0.3, 0.4) is 0 Å². The van der Waals surface area contributed by atoms with Gasteiger partial charge in [-0.3, -0.25) is 20.2 Å². The van der Waals surface area contributed by atoms with Crippen molar-refractivity contribution in [2.24, 2.45) is 0 Å². The van der Waals surface area contributed by atoms with Crippen molar-refractivity contribution in [2.75, 3.05) is 12.4 Å². The van der Waals surface area contributed by atoms with Crippen LogP contribution in [0.4, 0.5) is 10.8 Å². The second kappa shape index (κ2) is 7.96. The normalized spacial score (nSPS) is 10.4. The topological polar surface area (TPSA) is 94.4 Å². The van der Waals surface area contributed by atoms with E-state index in [4.69, 9.17) is 4.74 Å². The number of nitro groups is 1. The second-order valence-corrected chi connectivity index (χ2v) is 7.01. The van der Waals surface area contributed by atoms with Crippen LogP contribution in [0, 0.1) is 17.0 Å². The monoisotopic (exact) mass is 383 g/mol. The second-order valence-electron chi connectivity index (χ2n) is 5.90. The summed E-state index contributed by atoms with van der Waals surface area (Å²) >= 11 is 1.37. The first kappa shape index (κ1) is 18.5. The molecule has 27 heavy (non-hydrogen) atoms. The molecule has 0 radical (unpaired) electrons. The molecule has 2 aromatic carbocycles. The number of nitro benzene ring substituents is 1. The molecule has 0 saturated carbocycles. The van der Waals surface area contributed by atoms with Gasteiger partial charge in [-0.2, -0.15) is 0 Å². The molecule has 0 spiro atoms. The maximum absolute atomic E-state index is 12.4. The van der Waals surface area contributed by atoms with Crippen LogP contribution in [0.15, 0.2) is 48.7 Å². The van der Waals surface area contributed by atoms with Crippen LogP contribution in [0.2, 0.25) is 0 Å². The van der Waals surface area contributed by atoms with Gasteiger partial charge in [0, 0.05) is 29.1 Å². The van der Waals surface area contributed by atoms with Crippen LogP contribution in [-0.2, 0) is 6.42 Å².